The van der Waals surface area contributed by atoms with Crippen LogP contribution in [0.25, 0.3) is 0 Å². The zero-order valence-electron chi connectivity index (χ0n) is 16.4. The quantitative estimate of drug-likeness (QED) is 0.287. The predicted octanol–water partition coefficient (Wildman–Crippen LogP) is 2.40. The van der Waals surface area contributed by atoms with Crippen molar-refractivity contribution in [3.8, 4) is 5.75 Å². The van der Waals surface area contributed by atoms with E-state index in [-0.39, 0.29) is 40.9 Å². The van der Waals surface area contributed by atoms with Gasteiger partial charge in [0.05, 0.1) is 22.7 Å². The first-order valence-electron chi connectivity index (χ1n) is 8.49. The van der Waals surface area contributed by atoms with Crippen LogP contribution in [0.2, 0.25) is 0 Å². The molecule has 9 nitrogen and oxygen atoms in total. The van der Waals surface area contributed by atoms with Crippen molar-refractivity contribution >= 4 is 40.1 Å². The topological polar surface area (TPSA) is 159 Å². The van der Waals surface area contributed by atoms with E-state index in [1.807, 2.05) is 6.92 Å². The number of aromatic hydroxyl groups is 1. The molecular weight excluding hydrogens is 395 g/mol. The van der Waals surface area contributed by atoms with Gasteiger partial charge in [-0.05, 0) is 67.1 Å². The Labute approximate surface area is 194 Å². The Bertz CT molecular complexity index is 1130. The van der Waals surface area contributed by atoms with Gasteiger partial charge in [0.1, 0.15) is 17.0 Å². The molecule has 146 valence electrons. The molecule has 0 spiro atoms. The molecule has 0 aliphatic rings. The van der Waals surface area contributed by atoms with E-state index >= 15 is 0 Å². The van der Waals surface area contributed by atoms with Gasteiger partial charge in [-0.3, -0.25) is 0 Å². The molecule has 0 aliphatic heterocycles. The summed E-state index contributed by atoms with van der Waals surface area (Å²) in [6.45, 7) is 1.86. The molecule has 0 aliphatic carbocycles. The molecule has 6 N–H and O–H groups in total. The van der Waals surface area contributed by atoms with Crippen LogP contribution >= 0.6 is 0 Å². The standard InChI is InChI=1S/C20H18N6O3.Na/c1-11-8-18(17(22)10-16(11)21)26-24-13-4-2-12(3-5-13)23-25-14-6-7-19(27)15(9-14)20(28)29;/h2-10,27H,21-22H2,1H3,(H,28,29);/q;+1. The van der Waals surface area contributed by atoms with Crippen LogP contribution in [0.4, 0.5) is 34.1 Å². The Morgan fingerprint density at radius 2 is 1.33 bits per heavy atom. The van der Waals surface area contributed by atoms with Crippen molar-refractivity contribution < 1.29 is 44.6 Å². The smallest absolute Gasteiger partial charge is 0.507 e. The summed E-state index contributed by atoms with van der Waals surface area (Å²) in [6.07, 6.45) is 0. The van der Waals surface area contributed by atoms with Gasteiger partial charge in [0.15, 0.2) is 0 Å². The molecule has 0 unspecified atom stereocenters. The predicted molar refractivity (Wildman–Crippen MR) is 110 cm³/mol. The Morgan fingerprint density at radius 1 is 0.800 bits per heavy atom. The Morgan fingerprint density at radius 3 is 1.93 bits per heavy atom. The molecule has 0 radical (unpaired) electrons. The average Bonchev–Trinajstić information content (AvgIpc) is 2.69. The SMILES string of the molecule is Cc1cc(N=Nc2ccc(N=Nc3ccc(O)c(C(=O)O)c3)cc2)c(N)cc1N.[Na+]. The Balaban J connectivity index is 0.00000320. The molecule has 0 atom stereocenters. The van der Waals surface area contributed by atoms with Crippen LogP contribution in [0.3, 0.4) is 0 Å². The third-order valence-electron chi connectivity index (χ3n) is 4.03. The largest absolute Gasteiger partial charge is 1.00 e. The van der Waals surface area contributed by atoms with Crippen LogP contribution in [0.15, 0.2) is 75.1 Å². The van der Waals surface area contributed by atoms with E-state index in [0.29, 0.717) is 34.1 Å². The Hall–Kier alpha value is -3.27. The third-order valence-corrected chi connectivity index (χ3v) is 4.03. The number of carbonyl (C=O) groups is 1. The number of nitrogens with zero attached hydrogens (tertiary/aromatic N) is 4. The molecule has 0 bridgehead atoms. The van der Waals surface area contributed by atoms with Gasteiger partial charge < -0.3 is 21.7 Å². The van der Waals surface area contributed by atoms with Gasteiger partial charge in [-0.1, -0.05) is 0 Å². The van der Waals surface area contributed by atoms with Gasteiger partial charge in [-0.15, -0.1) is 5.11 Å². The van der Waals surface area contributed by atoms with Gasteiger partial charge in [-0.2, -0.15) is 15.3 Å². The fourth-order valence-electron chi connectivity index (χ4n) is 2.38. The van der Waals surface area contributed by atoms with Gasteiger partial charge in [-0.25, -0.2) is 4.79 Å². The fraction of sp³-hybridized carbons (Fsp3) is 0.0500. The van der Waals surface area contributed by atoms with E-state index in [2.05, 4.69) is 20.5 Å². The van der Waals surface area contributed by atoms with Crippen molar-refractivity contribution in [3.63, 3.8) is 0 Å². The number of nitrogens with two attached hydrogens (primary N) is 2. The summed E-state index contributed by atoms with van der Waals surface area (Å²) in [5.74, 6) is -1.57. The van der Waals surface area contributed by atoms with Crippen molar-refractivity contribution in [2.24, 2.45) is 20.5 Å². The number of aryl methyl sites for hydroxylation is 1. The minimum atomic E-state index is -1.24. The summed E-state index contributed by atoms with van der Waals surface area (Å²) in [6, 6.07) is 14.2. The zero-order valence-corrected chi connectivity index (χ0v) is 18.4. The minimum Gasteiger partial charge on any atom is -0.507 e. The fourth-order valence-corrected chi connectivity index (χ4v) is 2.38. The molecule has 10 heteroatoms. The van der Waals surface area contributed by atoms with E-state index in [9.17, 15) is 9.90 Å². The summed E-state index contributed by atoms with van der Waals surface area (Å²) in [5.41, 5.74) is 15.3. The monoisotopic (exact) mass is 413 g/mol. The van der Waals surface area contributed by atoms with Crippen LogP contribution < -0.4 is 41.0 Å². The van der Waals surface area contributed by atoms with Crippen LogP contribution in [-0.2, 0) is 0 Å². The summed E-state index contributed by atoms with van der Waals surface area (Å²) in [5, 5.41) is 34.9. The second-order valence-corrected chi connectivity index (χ2v) is 6.19. The van der Waals surface area contributed by atoms with E-state index in [4.69, 9.17) is 16.6 Å². The molecule has 0 amide bonds. The van der Waals surface area contributed by atoms with Gasteiger partial charge >= 0.3 is 35.5 Å². The summed E-state index contributed by atoms with van der Waals surface area (Å²) < 4.78 is 0. The van der Waals surface area contributed by atoms with E-state index < -0.39 is 5.97 Å². The minimum absolute atomic E-state index is 0. The number of carboxylic acids is 1. The number of anilines is 2. The molecule has 3 aromatic carbocycles. The molecule has 0 aromatic heterocycles. The Kier molecular flexibility index (Phi) is 7.65. The first kappa shape index (κ1) is 23.0. The summed E-state index contributed by atoms with van der Waals surface area (Å²) >= 11 is 0. The summed E-state index contributed by atoms with van der Waals surface area (Å²) in [4.78, 5) is 11.0. The van der Waals surface area contributed by atoms with E-state index in [0.717, 1.165) is 5.56 Å². The van der Waals surface area contributed by atoms with Crippen molar-refractivity contribution in [2.75, 3.05) is 11.5 Å². The average molecular weight is 413 g/mol. The van der Waals surface area contributed by atoms with Crippen molar-refractivity contribution in [1.29, 1.82) is 0 Å². The number of benzene rings is 3. The van der Waals surface area contributed by atoms with Crippen LogP contribution in [0.5, 0.6) is 5.75 Å². The number of rotatable bonds is 5. The molecule has 30 heavy (non-hydrogen) atoms. The molecular formula is C20H18N6NaO3+. The number of hydrogen-bond donors (Lipinski definition) is 4. The summed E-state index contributed by atoms with van der Waals surface area (Å²) in [7, 11) is 0. The second-order valence-electron chi connectivity index (χ2n) is 6.19. The maximum Gasteiger partial charge on any atom is 1.00 e. The molecule has 0 fully saturated rings. The normalized spacial score (nSPS) is 11.0. The van der Waals surface area contributed by atoms with E-state index in [1.54, 1.807) is 36.4 Å². The number of carboxylic acid groups (broad SMARTS) is 1. The van der Waals surface area contributed by atoms with Crippen molar-refractivity contribution in [2.45, 2.75) is 6.92 Å². The zero-order chi connectivity index (χ0) is 21.0. The van der Waals surface area contributed by atoms with Crippen LogP contribution in [0, 0.1) is 6.92 Å². The maximum absolute atomic E-state index is 11.0. The van der Waals surface area contributed by atoms with Gasteiger partial charge in [0.2, 0.25) is 0 Å². The molecule has 0 saturated heterocycles. The number of azo groups is 2. The first-order valence-corrected chi connectivity index (χ1v) is 8.49. The molecule has 0 saturated carbocycles. The van der Waals surface area contributed by atoms with Crippen molar-refractivity contribution in [3.05, 3.63) is 65.7 Å². The number of hydrogen-bond acceptors (Lipinski definition) is 8. The molecule has 3 rings (SSSR count). The number of phenols is 1. The van der Waals surface area contributed by atoms with Gasteiger partial charge in [0, 0.05) is 5.69 Å². The molecule has 0 heterocycles. The van der Waals surface area contributed by atoms with Crippen LogP contribution in [0.1, 0.15) is 15.9 Å². The van der Waals surface area contributed by atoms with Crippen molar-refractivity contribution in [1.82, 2.24) is 0 Å². The molecule has 3 aromatic rings. The maximum atomic E-state index is 11.0. The second kappa shape index (κ2) is 9.97. The number of aromatic carboxylic acids is 1. The van der Waals surface area contributed by atoms with Crippen LogP contribution in [-0.4, -0.2) is 16.2 Å². The third kappa shape index (κ3) is 5.63. The van der Waals surface area contributed by atoms with E-state index in [1.165, 1.54) is 18.2 Å². The first-order chi connectivity index (χ1) is 13.8. The van der Waals surface area contributed by atoms with Gasteiger partial charge in [0.25, 0.3) is 0 Å². The number of nitrogen functional groups attached to an aromatic ring is 2.